The highest BCUT2D eigenvalue weighted by atomic mass is 14.6. The lowest BCUT2D eigenvalue weighted by atomic mass is 10.0. The van der Waals surface area contributed by atoms with Gasteiger partial charge in [-0.25, -0.2) is 0 Å². The van der Waals surface area contributed by atoms with Crippen LogP contribution in [-0.4, -0.2) is 4.98 Å². The molecule has 0 aliphatic heterocycles. The third kappa shape index (κ3) is 4.66. The Hall–Kier alpha value is -1.37. The van der Waals surface area contributed by atoms with Crippen LogP contribution in [0.25, 0.3) is 10.8 Å². The van der Waals surface area contributed by atoms with Gasteiger partial charge in [-0.3, -0.25) is 4.98 Å². The van der Waals surface area contributed by atoms with Crippen molar-refractivity contribution in [2.45, 2.75) is 58.3 Å². The van der Waals surface area contributed by atoms with E-state index in [2.05, 4.69) is 36.2 Å². The smallest absolute Gasteiger partial charge is 0.0346 e. The molecule has 0 fully saturated rings. The van der Waals surface area contributed by atoms with Crippen LogP contribution in [0, 0.1) is 0 Å². The molecule has 1 heterocycles. The summed E-state index contributed by atoms with van der Waals surface area (Å²) in [5, 5.41) is 2.56. The lowest BCUT2D eigenvalue weighted by Crippen LogP contribution is -1.87. The number of fused-ring (bicyclic) bond motifs is 1. The van der Waals surface area contributed by atoms with E-state index in [9.17, 15) is 0 Å². The molecule has 1 nitrogen and oxygen atoms in total. The largest absolute Gasteiger partial charge is 0.264 e. The number of hydrogen-bond acceptors (Lipinski definition) is 1. The van der Waals surface area contributed by atoms with Crippen molar-refractivity contribution in [2.75, 3.05) is 0 Å². The molecule has 0 bridgehead atoms. The molecule has 0 N–H and O–H groups in total. The Kier molecular flexibility index (Phi) is 5.87. The summed E-state index contributed by atoms with van der Waals surface area (Å²) in [6.45, 7) is 2.27. The molecular formula is C18H25N. The summed E-state index contributed by atoms with van der Waals surface area (Å²) in [7, 11) is 0. The number of hydrogen-bond donors (Lipinski definition) is 0. The summed E-state index contributed by atoms with van der Waals surface area (Å²) >= 11 is 0. The van der Waals surface area contributed by atoms with Crippen LogP contribution in [0.3, 0.4) is 0 Å². The lowest BCUT2D eigenvalue weighted by Gasteiger charge is -2.04. The minimum absolute atomic E-state index is 1.21. The fourth-order valence-corrected chi connectivity index (χ4v) is 2.57. The third-order valence-corrected chi connectivity index (χ3v) is 3.77. The molecule has 0 aliphatic carbocycles. The molecule has 19 heavy (non-hydrogen) atoms. The number of aromatic nitrogens is 1. The maximum Gasteiger partial charge on any atom is 0.0346 e. The maximum atomic E-state index is 4.15. The van der Waals surface area contributed by atoms with Crippen molar-refractivity contribution in [3.63, 3.8) is 0 Å². The van der Waals surface area contributed by atoms with Gasteiger partial charge in [0, 0.05) is 17.8 Å². The normalized spacial score (nSPS) is 11.0. The molecule has 2 rings (SSSR count). The van der Waals surface area contributed by atoms with Gasteiger partial charge >= 0.3 is 0 Å². The predicted octanol–water partition coefficient (Wildman–Crippen LogP) is 5.53. The molecule has 0 aliphatic rings. The van der Waals surface area contributed by atoms with Gasteiger partial charge in [-0.05, 0) is 29.9 Å². The van der Waals surface area contributed by atoms with Gasteiger partial charge in [0.25, 0.3) is 0 Å². The van der Waals surface area contributed by atoms with Gasteiger partial charge in [-0.1, -0.05) is 63.6 Å². The summed E-state index contributed by atoms with van der Waals surface area (Å²) in [5.74, 6) is 0. The molecule has 0 amide bonds. The van der Waals surface area contributed by atoms with E-state index in [1.54, 1.807) is 0 Å². The zero-order valence-electron chi connectivity index (χ0n) is 12.1. The van der Waals surface area contributed by atoms with Gasteiger partial charge in [0.15, 0.2) is 0 Å². The Morgan fingerprint density at radius 3 is 2.47 bits per heavy atom. The zero-order chi connectivity index (χ0) is 13.3. The second-order valence-electron chi connectivity index (χ2n) is 5.43. The van der Waals surface area contributed by atoms with Crippen LogP contribution in [0.1, 0.15) is 57.4 Å². The quantitative estimate of drug-likeness (QED) is 0.565. The number of pyridine rings is 1. The second-order valence-corrected chi connectivity index (χ2v) is 5.43. The van der Waals surface area contributed by atoms with Crippen molar-refractivity contribution < 1.29 is 0 Å². The molecule has 0 unspecified atom stereocenters. The van der Waals surface area contributed by atoms with Crippen molar-refractivity contribution in [1.82, 2.24) is 4.98 Å². The van der Waals surface area contributed by atoms with E-state index < -0.39 is 0 Å². The Morgan fingerprint density at radius 2 is 1.63 bits per heavy atom. The van der Waals surface area contributed by atoms with Gasteiger partial charge in [0.2, 0.25) is 0 Å². The van der Waals surface area contributed by atoms with E-state index in [1.165, 1.54) is 67.7 Å². The highest BCUT2D eigenvalue weighted by Gasteiger charge is 1.97. The summed E-state index contributed by atoms with van der Waals surface area (Å²) in [4.78, 5) is 4.15. The summed E-state index contributed by atoms with van der Waals surface area (Å²) in [6.07, 6.45) is 14.7. The Balaban J connectivity index is 1.72. The number of rotatable bonds is 8. The van der Waals surface area contributed by atoms with Crippen molar-refractivity contribution >= 4 is 10.8 Å². The Morgan fingerprint density at radius 1 is 0.842 bits per heavy atom. The fraction of sp³-hybridized carbons (Fsp3) is 0.500. The average Bonchev–Trinajstić information content (AvgIpc) is 2.46. The van der Waals surface area contributed by atoms with Crippen LogP contribution in [0.2, 0.25) is 0 Å². The fourth-order valence-electron chi connectivity index (χ4n) is 2.57. The van der Waals surface area contributed by atoms with Crippen LogP contribution in [0.5, 0.6) is 0 Å². The molecular weight excluding hydrogens is 230 g/mol. The highest BCUT2D eigenvalue weighted by molar-refractivity contribution is 5.81. The predicted molar refractivity (Wildman–Crippen MR) is 83.4 cm³/mol. The number of benzene rings is 1. The van der Waals surface area contributed by atoms with Gasteiger partial charge in [-0.15, -0.1) is 0 Å². The topological polar surface area (TPSA) is 12.9 Å². The molecule has 0 radical (unpaired) electrons. The molecule has 0 saturated heterocycles. The van der Waals surface area contributed by atoms with E-state index in [0.29, 0.717) is 0 Å². The standard InChI is InChI=1S/C18H25N/c1-2-3-4-5-6-7-8-9-16-10-11-18-15-19-13-12-17(18)14-16/h10-15H,2-9H2,1H3. The van der Waals surface area contributed by atoms with E-state index in [1.807, 2.05) is 12.4 Å². The zero-order valence-corrected chi connectivity index (χ0v) is 12.1. The first-order valence-electron chi connectivity index (χ1n) is 7.73. The van der Waals surface area contributed by atoms with Crippen LogP contribution < -0.4 is 0 Å². The average molecular weight is 255 g/mol. The first kappa shape index (κ1) is 14.0. The molecule has 0 atom stereocenters. The van der Waals surface area contributed by atoms with Gasteiger partial charge < -0.3 is 0 Å². The molecule has 1 aromatic heterocycles. The molecule has 1 heteroatoms. The first-order valence-corrected chi connectivity index (χ1v) is 7.73. The van der Waals surface area contributed by atoms with Crippen molar-refractivity contribution in [3.05, 3.63) is 42.2 Å². The van der Waals surface area contributed by atoms with Crippen LogP contribution >= 0.6 is 0 Å². The van der Waals surface area contributed by atoms with Gasteiger partial charge in [0.05, 0.1) is 0 Å². The van der Waals surface area contributed by atoms with Crippen molar-refractivity contribution in [3.8, 4) is 0 Å². The first-order chi connectivity index (χ1) is 9.40. The second kappa shape index (κ2) is 7.93. The number of aryl methyl sites for hydroxylation is 1. The number of unbranched alkanes of at least 4 members (excludes halogenated alkanes) is 6. The van der Waals surface area contributed by atoms with E-state index in [-0.39, 0.29) is 0 Å². The van der Waals surface area contributed by atoms with Crippen LogP contribution in [0.4, 0.5) is 0 Å². The maximum absolute atomic E-state index is 4.15. The highest BCUT2D eigenvalue weighted by Crippen LogP contribution is 2.17. The SMILES string of the molecule is CCCCCCCCCc1ccc2cnccc2c1. The summed E-state index contributed by atoms with van der Waals surface area (Å²) in [5.41, 5.74) is 1.47. The minimum Gasteiger partial charge on any atom is -0.264 e. The van der Waals surface area contributed by atoms with E-state index in [0.717, 1.165) is 0 Å². The van der Waals surface area contributed by atoms with Crippen molar-refractivity contribution in [2.24, 2.45) is 0 Å². The third-order valence-electron chi connectivity index (χ3n) is 3.77. The van der Waals surface area contributed by atoms with Crippen LogP contribution in [-0.2, 0) is 6.42 Å². The minimum atomic E-state index is 1.21. The van der Waals surface area contributed by atoms with E-state index >= 15 is 0 Å². The monoisotopic (exact) mass is 255 g/mol. The van der Waals surface area contributed by atoms with Gasteiger partial charge in [-0.2, -0.15) is 0 Å². The van der Waals surface area contributed by atoms with Gasteiger partial charge in [0.1, 0.15) is 0 Å². The Labute approximate surface area is 117 Å². The number of nitrogens with zero attached hydrogens (tertiary/aromatic N) is 1. The molecule has 0 spiro atoms. The molecule has 1 aromatic carbocycles. The molecule has 102 valence electrons. The molecule has 2 aromatic rings. The Bertz CT molecular complexity index is 490. The molecule has 0 saturated carbocycles. The lowest BCUT2D eigenvalue weighted by molar-refractivity contribution is 0.589. The van der Waals surface area contributed by atoms with Crippen molar-refractivity contribution in [1.29, 1.82) is 0 Å². The van der Waals surface area contributed by atoms with Crippen LogP contribution in [0.15, 0.2) is 36.7 Å². The summed E-state index contributed by atoms with van der Waals surface area (Å²) < 4.78 is 0. The summed E-state index contributed by atoms with van der Waals surface area (Å²) in [6, 6.07) is 8.86. The van der Waals surface area contributed by atoms with E-state index in [4.69, 9.17) is 0 Å².